The molecule has 17 heavy (non-hydrogen) atoms. The van der Waals surface area contributed by atoms with E-state index in [1.807, 2.05) is 26.1 Å². The van der Waals surface area contributed by atoms with E-state index < -0.39 is 0 Å². The van der Waals surface area contributed by atoms with Gasteiger partial charge in [-0.15, -0.1) is 23.6 Å². The van der Waals surface area contributed by atoms with Gasteiger partial charge in [-0.1, -0.05) is 0 Å². The van der Waals surface area contributed by atoms with Crippen LogP contribution >= 0.6 is 11.8 Å². The molecule has 1 unspecified atom stereocenters. The molecule has 1 rings (SSSR count). The van der Waals surface area contributed by atoms with Crippen molar-refractivity contribution >= 4 is 11.8 Å². The van der Waals surface area contributed by atoms with Gasteiger partial charge in [-0.2, -0.15) is 0 Å². The summed E-state index contributed by atoms with van der Waals surface area (Å²) >= 11 is 1.74. The summed E-state index contributed by atoms with van der Waals surface area (Å²) in [6.45, 7) is 1.86. The van der Waals surface area contributed by atoms with Gasteiger partial charge in [0.05, 0.1) is 0 Å². The van der Waals surface area contributed by atoms with E-state index in [2.05, 4.69) is 17.2 Å². The molecule has 0 saturated carbocycles. The topological polar surface area (TPSA) is 12.0 Å². The summed E-state index contributed by atoms with van der Waals surface area (Å²) in [6.07, 6.45) is 1.97. The van der Waals surface area contributed by atoms with Crippen LogP contribution in [0.3, 0.4) is 0 Å². The van der Waals surface area contributed by atoms with Gasteiger partial charge in [-0.05, 0) is 44.7 Å². The Bertz CT molecular complexity index is 377. The van der Waals surface area contributed by atoms with Crippen LogP contribution in [0, 0.1) is 17.7 Å². The lowest BCUT2D eigenvalue weighted by molar-refractivity contribution is 0.582. The Labute approximate surface area is 107 Å². The second kappa shape index (κ2) is 8.16. The number of thioether (sulfide) groups is 1. The van der Waals surface area contributed by atoms with Crippen molar-refractivity contribution in [2.45, 2.75) is 30.7 Å². The Kier molecular flexibility index (Phi) is 6.76. The average molecular weight is 251 g/mol. The third kappa shape index (κ3) is 5.76. The molecule has 92 valence electrons. The quantitative estimate of drug-likeness (QED) is 0.615. The van der Waals surface area contributed by atoms with E-state index in [-0.39, 0.29) is 5.82 Å². The molecule has 1 nitrogen and oxygen atoms in total. The lowest BCUT2D eigenvalue weighted by Gasteiger charge is -2.14. The zero-order valence-corrected chi connectivity index (χ0v) is 11.1. The normalized spacial score (nSPS) is 11.7. The van der Waals surface area contributed by atoms with Crippen molar-refractivity contribution in [2.75, 3.05) is 12.8 Å². The molecule has 0 amide bonds. The molecular formula is C14H18FNS. The number of halogens is 1. The highest BCUT2D eigenvalue weighted by molar-refractivity contribution is 7.99. The fraction of sp³-hybridized carbons (Fsp3) is 0.429. The summed E-state index contributed by atoms with van der Waals surface area (Å²) in [5.41, 5.74) is 0. The first-order valence-electron chi connectivity index (χ1n) is 5.71. The standard InChI is InChI=1S/C14H18FNS/c1-3-4-5-6-13(16-2)11-17-14-9-7-12(15)8-10-14/h7-10,13,16H,5-6,11H2,1-2H3. The molecule has 1 aromatic rings. The molecule has 0 saturated heterocycles. The fourth-order valence-corrected chi connectivity index (χ4v) is 2.47. The Morgan fingerprint density at radius 3 is 2.65 bits per heavy atom. The van der Waals surface area contributed by atoms with Crippen molar-refractivity contribution in [3.63, 3.8) is 0 Å². The fourth-order valence-electron chi connectivity index (χ4n) is 1.41. The molecule has 1 atom stereocenters. The zero-order valence-electron chi connectivity index (χ0n) is 10.3. The van der Waals surface area contributed by atoms with Gasteiger partial charge in [0.15, 0.2) is 0 Å². The van der Waals surface area contributed by atoms with Crippen LogP contribution in [0.1, 0.15) is 19.8 Å². The lowest BCUT2D eigenvalue weighted by Crippen LogP contribution is -2.27. The summed E-state index contributed by atoms with van der Waals surface area (Å²) in [6, 6.07) is 7.08. The van der Waals surface area contributed by atoms with Gasteiger partial charge in [0.25, 0.3) is 0 Å². The van der Waals surface area contributed by atoms with Crippen LogP contribution in [-0.2, 0) is 0 Å². The third-order valence-electron chi connectivity index (χ3n) is 2.47. The maximum atomic E-state index is 12.7. The van der Waals surface area contributed by atoms with Crippen molar-refractivity contribution in [1.29, 1.82) is 0 Å². The van der Waals surface area contributed by atoms with E-state index in [4.69, 9.17) is 0 Å². The number of hydrogen-bond donors (Lipinski definition) is 1. The first-order valence-corrected chi connectivity index (χ1v) is 6.70. The van der Waals surface area contributed by atoms with Crippen LogP contribution in [0.5, 0.6) is 0 Å². The number of rotatable bonds is 6. The van der Waals surface area contributed by atoms with Gasteiger partial charge in [0.1, 0.15) is 5.82 Å². The molecule has 0 heterocycles. The van der Waals surface area contributed by atoms with E-state index in [1.165, 1.54) is 12.1 Å². The summed E-state index contributed by atoms with van der Waals surface area (Å²) in [7, 11) is 1.97. The van der Waals surface area contributed by atoms with Gasteiger partial charge in [-0.3, -0.25) is 0 Å². The highest BCUT2D eigenvalue weighted by Crippen LogP contribution is 2.19. The minimum absolute atomic E-state index is 0.183. The second-order valence-corrected chi connectivity index (χ2v) is 4.81. The SMILES string of the molecule is CC#CCCC(CSc1ccc(F)cc1)NC. The lowest BCUT2D eigenvalue weighted by atomic mass is 10.2. The van der Waals surface area contributed by atoms with Gasteiger partial charge in [0, 0.05) is 23.1 Å². The molecule has 0 fully saturated rings. The van der Waals surface area contributed by atoms with Crippen LogP contribution < -0.4 is 5.32 Å². The summed E-state index contributed by atoms with van der Waals surface area (Å²) < 4.78 is 12.7. The molecule has 0 aliphatic carbocycles. The van der Waals surface area contributed by atoms with Gasteiger partial charge in [0.2, 0.25) is 0 Å². The summed E-state index contributed by atoms with van der Waals surface area (Å²) in [4.78, 5) is 1.10. The van der Waals surface area contributed by atoms with Crippen molar-refractivity contribution in [2.24, 2.45) is 0 Å². The van der Waals surface area contributed by atoms with Crippen LogP contribution in [0.15, 0.2) is 29.2 Å². The van der Waals surface area contributed by atoms with E-state index in [1.54, 1.807) is 11.8 Å². The van der Waals surface area contributed by atoms with Crippen LogP contribution in [-0.4, -0.2) is 18.8 Å². The molecule has 0 bridgehead atoms. The first kappa shape index (κ1) is 14.1. The molecule has 0 aliphatic heterocycles. The summed E-state index contributed by atoms with van der Waals surface area (Å²) in [5, 5.41) is 3.28. The highest BCUT2D eigenvalue weighted by atomic mass is 32.2. The van der Waals surface area contributed by atoms with Crippen molar-refractivity contribution in [3.8, 4) is 11.8 Å². The van der Waals surface area contributed by atoms with E-state index in [0.717, 1.165) is 23.5 Å². The van der Waals surface area contributed by atoms with Crippen LogP contribution in [0.4, 0.5) is 4.39 Å². The molecular weight excluding hydrogens is 233 g/mol. The first-order chi connectivity index (χ1) is 8.26. The number of hydrogen-bond acceptors (Lipinski definition) is 2. The zero-order chi connectivity index (χ0) is 12.5. The Morgan fingerprint density at radius 1 is 1.35 bits per heavy atom. The van der Waals surface area contributed by atoms with Crippen LogP contribution in [0.2, 0.25) is 0 Å². The van der Waals surface area contributed by atoms with Gasteiger partial charge >= 0.3 is 0 Å². The smallest absolute Gasteiger partial charge is 0.123 e. The van der Waals surface area contributed by atoms with Crippen LogP contribution in [0.25, 0.3) is 0 Å². The molecule has 0 aromatic heterocycles. The third-order valence-corrected chi connectivity index (χ3v) is 3.64. The monoisotopic (exact) mass is 251 g/mol. The van der Waals surface area contributed by atoms with Gasteiger partial charge in [-0.25, -0.2) is 4.39 Å². The van der Waals surface area contributed by atoms with E-state index in [0.29, 0.717) is 6.04 Å². The van der Waals surface area contributed by atoms with Crippen molar-refractivity contribution < 1.29 is 4.39 Å². The van der Waals surface area contributed by atoms with Gasteiger partial charge < -0.3 is 5.32 Å². The maximum absolute atomic E-state index is 12.7. The molecule has 1 N–H and O–H groups in total. The van der Waals surface area contributed by atoms with Crippen molar-refractivity contribution in [3.05, 3.63) is 30.1 Å². The molecule has 0 aliphatic rings. The minimum atomic E-state index is -0.183. The number of nitrogens with one attached hydrogen (secondary N) is 1. The molecule has 0 spiro atoms. The number of benzene rings is 1. The summed E-state index contributed by atoms with van der Waals surface area (Å²) in [5.74, 6) is 6.77. The molecule has 0 radical (unpaired) electrons. The Hall–Kier alpha value is -0.980. The maximum Gasteiger partial charge on any atom is 0.123 e. The second-order valence-electron chi connectivity index (χ2n) is 3.72. The predicted octanol–water partition coefficient (Wildman–Crippen LogP) is 3.31. The molecule has 3 heteroatoms. The highest BCUT2D eigenvalue weighted by Gasteiger charge is 2.05. The van der Waals surface area contributed by atoms with Crippen molar-refractivity contribution in [1.82, 2.24) is 5.32 Å². The molecule has 1 aromatic carbocycles. The van der Waals surface area contributed by atoms with E-state index in [9.17, 15) is 4.39 Å². The average Bonchev–Trinajstić information content (AvgIpc) is 2.35. The Morgan fingerprint density at radius 2 is 2.06 bits per heavy atom. The van der Waals surface area contributed by atoms with E-state index >= 15 is 0 Å². The Balaban J connectivity index is 2.35. The minimum Gasteiger partial charge on any atom is -0.316 e. The largest absolute Gasteiger partial charge is 0.316 e. The predicted molar refractivity (Wildman–Crippen MR) is 72.7 cm³/mol.